The van der Waals surface area contributed by atoms with E-state index in [2.05, 4.69) is 4.99 Å². The third kappa shape index (κ3) is 2.88. The quantitative estimate of drug-likeness (QED) is 0.283. The number of halogens is 1. The van der Waals surface area contributed by atoms with Crippen LogP contribution in [0.5, 0.6) is 0 Å². The number of hydrogen-bond donors (Lipinski definition) is 0. The van der Waals surface area contributed by atoms with Crippen LogP contribution >= 0.6 is 22.6 Å². The molecule has 0 aromatic heterocycles. The lowest BCUT2D eigenvalue weighted by Gasteiger charge is -2.02. The van der Waals surface area contributed by atoms with Gasteiger partial charge in [0.25, 0.3) is 5.69 Å². The van der Waals surface area contributed by atoms with Crippen LogP contribution in [0.4, 0.5) is 11.4 Å². The summed E-state index contributed by atoms with van der Waals surface area (Å²) in [6.07, 6.45) is 1.30. The Kier molecular flexibility index (Phi) is 4.01. The molecule has 0 spiro atoms. The molecule has 0 saturated heterocycles. The molecule has 80 valence electrons. The maximum absolute atomic E-state index is 10.6. The fourth-order valence-corrected chi connectivity index (χ4v) is 1.98. The van der Waals surface area contributed by atoms with E-state index in [0.717, 1.165) is 9.13 Å². The summed E-state index contributed by atoms with van der Waals surface area (Å²) in [5.41, 5.74) is 1.53. The van der Waals surface area contributed by atoms with Gasteiger partial charge in [-0.1, -0.05) is 0 Å². The van der Waals surface area contributed by atoms with Gasteiger partial charge in [-0.3, -0.25) is 10.1 Å². The van der Waals surface area contributed by atoms with Crippen molar-refractivity contribution in [3.8, 4) is 0 Å². The number of rotatable bonds is 3. The molecule has 0 amide bonds. The minimum Gasteiger partial charge on any atom is -0.486 e. The van der Waals surface area contributed by atoms with E-state index in [1.54, 1.807) is 6.92 Å². The summed E-state index contributed by atoms with van der Waals surface area (Å²) in [5, 5.41) is 10.6. The Morgan fingerprint density at radius 3 is 2.73 bits per heavy atom. The zero-order chi connectivity index (χ0) is 11.4. The molecule has 0 atom stereocenters. The second-order valence-corrected chi connectivity index (χ2v) is 3.98. The minimum absolute atomic E-state index is 0.0771. The Bertz CT molecular complexity index is 395. The number of nitro groups is 1. The average Bonchev–Trinajstić information content (AvgIpc) is 2.16. The van der Waals surface area contributed by atoms with Crippen molar-refractivity contribution in [2.75, 3.05) is 7.11 Å². The van der Waals surface area contributed by atoms with Crippen LogP contribution in [0, 0.1) is 20.6 Å². The molecule has 15 heavy (non-hydrogen) atoms. The maximum Gasteiger partial charge on any atom is 0.270 e. The monoisotopic (exact) mass is 320 g/mol. The third-order valence-electron chi connectivity index (χ3n) is 1.74. The summed E-state index contributed by atoms with van der Waals surface area (Å²) < 4.78 is 5.43. The summed E-state index contributed by atoms with van der Waals surface area (Å²) in [4.78, 5) is 14.2. The Morgan fingerprint density at radius 1 is 1.60 bits per heavy atom. The van der Waals surface area contributed by atoms with Gasteiger partial charge >= 0.3 is 0 Å². The van der Waals surface area contributed by atoms with E-state index in [-0.39, 0.29) is 5.69 Å². The SMILES string of the molecule is CO/C=N/c1c(C)cc([N+](=O)[O-])cc1I. The summed E-state index contributed by atoms with van der Waals surface area (Å²) in [6, 6.07) is 2.97. The molecule has 0 bridgehead atoms. The van der Waals surface area contributed by atoms with Gasteiger partial charge in [-0.25, -0.2) is 4.99 Å². The summed E-state index contributed by atoms with van der Waals surface area (Å²) in [6.45, 7) is 1.78. The van der Waals surface area contributed by atoms with Crippen molar-refractivity contribution in [1.29, 1.82) is 0 Å². The number of hydrogen-bond acceptors (Lipinski definition) is 4. The first-order valence-electron chi connectivity index (χ1n) is 4.06. The summed E-state index contributed by atoms with van der Waals surface area (Å²) >= 11 is 2.01. The molecule has 1 aromatic rings. The van der Waals surface area contributed by atoms with Crippen molar-refractivity contribution < 1.29 is 9.66 Å². The highest BCUT2D eigenvalue weighted by Crippen LogP contribution is 2.29. The largest absolute Gasteiger partial charge is 0.486 e. The molecule has 6 heteroatoms. The van der Waals surface area contributed by atoms with Crippen LogP contribution in [0.25, 0.3) is 0 Å². The van der Waals surface area contributed by atoms with E-state index < -0.39 is 4.92 Å². The van der Waals surface area contributed by atoms with E-state index >= 15 is 0 Å². The van der Waals surface area contributed by atoms with Gasteiger partial charge in [-0.05, 0) is 35.1 Å². The van der Waals surface area contributed by atoms with Crippen molar-refractivity contribution >= 4 is 40.4 Å². The smallest absolute Gasteiger partial charge is 0.270 e. The van der Waals surface area contributed by atoms with Gasteiger partial charge in [0.15, 0.2) is 6.40 Å². The number of aliphatic imine (C=N–C) groups is 1. The van der Waals surface area contributed by atoms with Gasteiger partial charge in [-0.2, -0.15) is 0 Å². The predicted molar refractivity (Wildman–Crippen MR) is 65.7 cm³/mol. The first-order valence-corrected chi connectivity index (χ1v) is 5.14. The lowest BCUT2D eigenvalue weighted by molar-refractivity contribution is -0.385. The summed E-state index contributed by atoms with van der Waals surface area (Å²) in [7, 11) is 1.50. The highest BCUT2D eigenvalue weighted by molar-refractivity contribution is 14.1. The molecule has 1 rings (SSSR count). The zero-order valence-electron chi connectivity index (χ0n) is 8.23. The van der Waals surface area contributed by atoms with Crippen LogP contribution in [-0.4, -0.2) is 18.4 Å². The number of methoxy groups -OCH3 is 1. The van der Waals surface area contributed by atoms with Gasteiger partial charge in [0, 0.05) is 15.7 Å². The van der Waals surface area contributed by atoms with Crippen LogP contribution in [-0.2, 0) is 4.74 Å². The number of nitro benzene ring substituents is 1. The molecule has 0 N–H and O–H groups in total. The maximum atomic E-state index is 10.6. The Balaban J connectivity index is 3.21. The van der Waals surface area contributed by atoms with Crippen molar-refractivity contribution in [3.63, 3.8) is 0 Å². The van der Waals surface area contributed by atoms with Crippen LogP contribution in [0.1, 0.15) is 5.56 Å². The average molecular weight is 320 g/mol. The van der Waals surface area contributed by atoms with Crippen LogP contribution in [0.2, 0.25) is 0 Å². The number of ether oxygens (including phenoxy) is 1. The van der Waals surface area contributed by atoms with Crippen LogP contribution < -0.4 is 0 Å². The second-order valence-electron chi connectivity index (χ2n) is 2.82. The first kappa shape index (κ1) is 11.9. The molecule has 0 aliphatic heterocycles. The molecule has 1 aromatic carbocycles. The standard InChI is InChI=1S/C9H9IN2O3/c1-6-3-7(12(13)14)4-8(10)9(6)11-5-15-2/h3-5H,1-2H3/b11-5+. The van der Waals surface area contributed by atoms with E-state index in [1.165, 1.54) is 25.6 Å². The Hall–Kier alpha value is -1.18. The van der Waals surface area contributed by atoms with E-state index in [0.29, 0.717) is 5.69 Å². The molecule has 0 aliphatic carbocycles. The molecule has 5 nitrogen and oxygen atoms in total. The fraction of sp³-hybridized carbons (Fsp3) is 0.222. The molecular formula is C9H9IN2O3. The number of nitrogens with zero attached hydrogens (tertiary/aromatic N) is 2. The van der Waals surface area contributed by atoms with Gasteiger partial charge in [-0.15, -0.1) is 0 Å². The van der Waals surface area contributed by atoms with Crippen LogP contribution in [0.15, 0.2) is 17.1 Å². The van der Waals surface area contributed by atoms with Gasteiger partial charge in [0.1, 0.15) is 0 Å². The topological polar surface area (TPSA) is 64.7 Å². The molecule has 0 radical (unpaired) electrons. The zero-order valence-corrected chi connectivity index (χ0v) is 10.4. The second kappa shape index (κ2) is 5.06. The number of benzene rings is 1. The fourth-order valence-electron chi connectivity index (χ4n) is 1.09. The molecule has 0 unspecified atom stereocenters. The predicted octanol–water partition coefficient (Wildman–Crippen LogP) is 2.81. The van der Waals surface area contributed by atoms with Crippen molar-refractivity contribution in [2.45, 2.75) is 6.92 Å². The molecule has 0 heterocycles. The highest BCUT2D eigenvalue weighted by atomic mass is 127. The Morgan fingerprint density at radius 2 is 2.27 bits per heavy atom. The molecule has 0 saturated carbocycles. The molecular weight excluding hydrogens is 311 g/mol. The van der Waals surface area contributed by atoms with Crippen molar-refractivity contribution in [2.24, 2.45) is 4.99 Å². The van der Waals surface area contributed by atoms with Gasteiger partial charge in [0.2, 0.25) is 0 Å². The highest BCUT2D eigenvalue weighted by Gasteiger charge is 2.11. The lowest BCUT2D eigenvalue weighted by atomic mass is 10.2. The normalized spacial score (nSPS) is 10.6. The molecule has 0 aliphatic rings. The third-order valence-corrected chi connectivity index (χ3v) is 2.56. The van der Waals surface area contributed by atoms with E-state index in [4.69, 9.17) is 4.74 Å². The molecule has 0 fully saturated rings. The van der Waals surface area contributed by atoms with Crippen molar-refractivity contribution in [3.05, 3.63) is 31.4 Å². The lowest BCUT2D eigenvalue weighted by Crippen LogP contribution is -1.91. The number of aryl methyl sites for hydroxylation is 1. The van der Waals surface area contributed by atoms with E-state index in [1.807, 2.05) is 22.6 Å². The van der Waals surface area contributed by atoms with Crippen LogP contribution in [0.3, 0.4) is 0 Å². The first-order chi connectivity index (χ1) is 7.06. The Labute approximate surface area is 100 Å². The van der Waals surface area contributed by atoms with E-state index in [9.17, 15) is 10.1 Å². The van der Waals surface area contributed by atoms with Gasteiger partial charge in [0.05, 0.1) is 17.7 Å². The van der Waals surface area contributed by atoms with Gasteiger partial charge < -0.3 is 4.74 Å². The number of non-ortho nitro benzene ring substituents is 1. The summed E-state index contributed by atoms with van der Waals surface area (Å²) in [5.74, 6) is 0. The van der Waals surface area contributed by atoms with Crippen molar-refractivity contribution in [1.82, 2.24) is 0 Å². The minimum atomic E-state index is -0.418.